The summed E-state index contributed by atoms with van der Waals surface area (Å²) in [5.41, 5.74) is 23.5. The molecule has 0 N–H and O–H groups in total. The molecule has 6 nitrogen and oxygen atoms in total. The van der Waals surface area contributed by atoms with Crippen LogP contribution in [0.1, 0.15) is 0 Å². The molecule has 16 aromatic carbocycles. The average molecular weight is 1450 g/mol. The lowest BCUT2D eigenvalue weighted by atomic mass is 9.30. The summed E-state index contributed by atoms with van der Waals surface area (Å²) in [7, 11) is 0. The highest BCUT2D eigenvalue weighted by atomic mass is 32.1. The lowest BCUT2D eigenvalue weighted by Gasteiger charge is -2.46. The minimum absolute atomic E-state index is 0.232. The number of anilines is 15. The second-order valence-corrected chi connectivity index (χ2v) is 32.8. The fourth-order valence-corrected chi connectivity index (χ4v) is 23.1. The van der Waals surface area contributed by atoms with Crippen LogP contribution in [0, 0.1) is 0 Å². The highest BCUT2D eigenvalue weighted by molar-refractivity contribution is 7.27. The Morgan fingerprint density at radius 1 is 0.241 bits per heavy atom. The maximum atomic E-state index is 8.16. The van der Waals surface area contributed by atoms with Crippen molar-refractivity contribution in [3.8, 4) is 11.5 Å². The maximum absolute atomic E-state index is 8.16. The summed E-state index contributed by atoms with van der Waals surface area (Å²) in [5, 5.41) is 9.90. The third-order valence-corrected chi connectivity index (χ3v) is 27.4. The van der Waals surface area contributed by atoms with Crippen molar-refractivity contribution in [2.75, 3.05) is 24.5 Å². The number of benzene rings is 16. The van der Waals surface area contributed by atoms with E-state index in [0.717, 1.165) is 108 Å². The molecule has 20 aromatic rings. The first kappa shape index (κ1) is 60.6. The third-order valence-electron chi connectivity index (χ3n) is 22.8. The van der Waals surface area contributed by atoms with Crippen molar-refractivity contribution in [2.45, 2.75) is 0 Å². The summed E-state index contributed by atoms with van der Waals surface area (Å²) in [6.45, 7) is -0.486. The number of fused-ring (bicyclic) bond motifs is 20. The van der Waals surface area contributed by atoms with Gasteiger partial charge in [0.25, 0.3) is 13.4 Å². The Morgan fingerprint density at radius 2 is 0.657 bits per heavy atom. The minimum atomic E-state index is -0.255. The zero-order valence-electron chi connectivity index (χ0n) is 57.8. The Kier molecular flexibility index (Phi) is 13.1. The lowest BCUT2D eigenvalue weighted by Crippen LogP contribution is -2.64. The number of thiophene rings is 4. The first-order valence-electron chi connectivity index (χ1n) is 36.8. The molecule has 0 amide bonds. The van der Waals surface area contributed by atoms with E-state index in [0.29, 0.717) is 0 Å². The largest absolute Gasteiger partial charge is 0.458 e. The number of ether oxygens (including phenoxy) is 1. The number of nitrogens with zero attached hydrogens (tertiary/aromatic N) is 5. The molecule has 0 radical (unpaired) electrons. The van der Waals surface area contributed by atoms with Crippen molar-refractivity contribution in [3.63, 3.8) is 0 Å². The van der Waals surface area contributed by atoms with Crippen LogP contribution in [0.3, 0.4) is 0 Å². The van der Waals surface area contributed by atoms with Crippen molar-refractivity contribution in [1.29, 1.82) is 0 Å². The molecule has 0 unspecified atom stereocenters. The molecule has 12 heteroatoms. The average Bonchev–Trinajstić information content (AvgIpc) is 1.22. The van der Waals surface area contributed by atoms with Gasteiger partial charge < -0.3 is 29.2 Å². The molecule has 4 aliphatic heterocycles. The third kappa shape index (κ3) is 8.76. The van der Waals surface area contributed by atoms with Crippen LogP contribution in [0.15, 0.2) is 346 Å². The van der Waals surface area contributed by atoms with E-state index in [1.807, 2.05) is 45.3 Å². The Morgan fingerprint density at radius 3 is 1.28 bits per heavy atom. The van der Waals surface area contributed by atoms with Crippen LogP contribution < -0.4 is 62.0 Å². The van der Waals surface area contributed by atoms with Crippen LogP contribution in [0.4, 0.5) is 85.3 Å². The molecule has 502 valence electrons. The van der Waals surface area contributed by atoms with Crippen molar-refractivity contribution in [2.24, 2.45) is 0 Å². The van der Waals surface area contributed by atoms with Crippen molar-refractivity contribution < 1.29 is 4.74 Å². The van der Waals surface area contributed by atoms with Gasteiger partial charge in [-0.25, -0.2) is 0 Å². The van der Waals surface area contributed by atoms with Gasteiger partial charge >= 0.3 is 0 Å². The van der Waals surface area contributed by atoms with E-state index in [-0.39, 0.29) is 13.4 Å². The molecule has 8 heterocycles. The van der Waals surface area contributed by atoms with Crippen molar-refractivity contribution in [3.05, 3.63) is 346 Å². The quantitative estimate of drug-likeness (QED) is 0.134. The SMILES string of the molecule is c1ccc(N2c3ccccc3B3c4cc5c(cc4N(c4cccc6sc7ccccc7c46)c4cc(N(c6ccccc6)c6cccc7c6sc6ccccc67)cc2c43)Oc2cc(N(c3ccccc3)c3cccc4sc6ccccc6c34)cc3c2B5c2ccccc2N3c2cccc3sc4ccccc4c23)cc1. The van der Waals surface area contributed by atoms with E-state index < -0.39 is 0 Å². The summed E-state index contributed by atoms with van der Waals surface area (Å²) in [5.74, 6) is 1.64. The van der Waals surface area contributed by atoms with Gasteiger partial charge in [0.1, 0.15) is 11.5 Å². The van der Waals surface area contributed by atoms with E-state index in [9.17, 15) is 0 Å². The monoisotopic (exact) mass is 1450 g/mol. The van der Waals surface area contributed by atoms with Gasteiger partial charge in [-0.3, -0.25) is 0 Å². The zero-order valence-corrected chi connectivity index (χ0v) is 61.1. The second kappa shape index (κ2) is 23.4. The highest BCUT2D eigenvalue weighted by Crippen LogP contribution is 2.56. The maximum Gasteiger partial charge on any atom is 0.256 e. The lowest BCUT2D eigenvalue weighted by molar-refractivity contribution is 0.488. The second-order valence-electron chi connectivity index (χ2n) is 28.5. The van der Waals surface area contributed by atoms with Crippen molar-refractivity contribution in [1.82, 2.24) is 0 Å². The summed E-state index contributed by atoms with van der Waals surface area (Å²) in [6.07, 6.45) is 0. The standard InChI is InChI=1S/C96H57B2N5OS4/c1-4-26-58(27-5-1)99(74-41-23-49-88-91(74)65-33-11-19-46-85(65)105-88)62-54-81-95-83(55-62)104-82-57-78-70(56-71(82)98(95)69-38-15-17-40-73(69)102(81)75-42-24-50-89-92(75)66-34-12-20-47-86(66)106-89)97-68-37-14-16-39-72(68)101(60-30-8-3-9-31-60)79-52-61(53-80(94(79)97)103(78)76-43-25-51-90-93(76)67-35-13-21-48-87(67)107-90)100(59-28-6-2-7-29-59)77-44-22-36-64-63-32-10-18-45-84(63)108-96(64)77/h1-57H. The van der Waals surface area contributed by atoms with Gasteiger partial charge in [-0.2, -0.15) is 0 Å². The number of rotatable bonds is 9. The molecular formula is C96H57B2N5OS4. The van der Waals surface area contributed by atoms with Crippen LogP contribution in [-0.2, 0) is 0 Å². The van der Waals surface area contributed by atoms with Gasteiger partial charge in [-0.15, -0.1) is 45.3 Å². The predicted molar refractivity (Wildman–Crippen MR) is 467 cm³/mol. The molecule has 0 aliphatic carbocycles. The van der Waals surface area contributed by atoms with E-state index in [1.54, 1.807) is 0 Å². The van der Waals surface area contributed by atoms with Crippen LogP contribution in [0.5, 0.6) is 11.5 Å². The van der Waals surface area contributed by atoms with Gasteiger partial charge in [-0.05, 0) is 166 Å². The normalized spacial score (nSPS) is 13.2. The van der Waals surface area contributed by atoms with Crippen molar-refractivity contribution >= 4 is 258 Å². The number of hydrogen-bond donors (Lipinski definition) is 0. The van der Waals surface area contributed by atoms with Crippen LogP contribution >= 0.6 is 45.3 Å². The van der Waals surface area contributed by atoms with Gasteiger partial charge in [0.05, 0.1) is 38.8 Å². The fourth-order valence-electron chi connectivity index (χ4n) is 18.5. The molecular weight excluding hydrogens is 1390 g/mol. The molecule has 0 atom stereocenters. The first-order valence-corrected chi connectivity index (χ1v) is 40.0. The van der Waals surface area contributed by atoms with Crippen LogP contribution in [-0.4, -0.2) is 13.4 Å². The molecule has 0 saturated carbocycles. The summed E-state index contributed by atoms with van der Waals surface area (Å²) >= 11 is 7.44. The summed E-state index contributed by atoms with van der Waals surface area (Å²) in [4.78, 5) is 12.8. The van der Waals surface area contributed by atoms with E-state index >= 15 is 0 Å². The molecule has 0 fully saturated rings. The molecule has 4 aromatic heterocycles. The van der Waals surface area contributed by atoms with E-state index in [1.165, 1.54) is 103 Å². The molecule has 0 saturated heterocycles. The highest BCUT2D eigenvalue weighted by Gasteiger charge is 2.49. The number of para-hydroxylation sites is 5. The molecule has 0 spiro atoms. The van der Waals surface area contributed by atoms with Gasteiger partial charge in [-0.1, -0.05) is 200 Å². The van der Waals surface area contributed by atoms with Crippen LogP contribution in [0.2, 0.25) is 0 Å². The molecule has 108 heavy (non-hydrogen) atoms. The summed E-state index contributed by atoms with van der Waals surface area (Å²) < 4.78 is 18.1. The molecule has 0 bridgehead atoms. The summed E-state index contributed by atoms with van der Waals surface area (Å²) in [6, 6.07) is 130. The van der Waals surface area contributed by atoms with Gasteiger partial charge in [0.15, 0.2) is 0 Å². The minimum Gasteiger partial charge on any atom is -0.458 e. The Hall–Kier alpha value is -12.7. The Bertz CT molecular complexity index is 7200. The van der Waals surface area contributed by atoms with Gasteiger partial charge in [0.2, 0.25) is 0 Å². The zero-order chi connectivity index (χ0) is 70.4. The van der Waals surface area contributed by atoms with Crippen LogP contribution in [0.25, 0.3) is 80.7 Å². The Labute approximate surface area is 639 Å². The topological polar surface area (TPSA) is 25.4 Å². The smallest absolute Gasteiger partial charge is 0.256 e. The first-order chi connectivity index (χ1) is 53.6. The predicted octanol–water partition coefficient (Wildman–Crippen LogP) is 24.6. The molecule has 4 aliphatic rings. The van der Waals surface area contributed by atoms with E-state index in [4.69, 9.17) is 4.74 Å². The van der Waals surface area contributed by atoms with E-state index in [2.05, 4.69) is 370 Å². The fraction of sp³-hybridized carbons (Fsp3) is 0. The molecule has 24 rings (SSSR count). The number of hydrogen-bond acceptors (Lipinski definition) is 10. The Balaban J connectivity index is 0.810. The van der Waals surface area contributed by atoms with Gasteiger partial charge in [0, 0.05) is 139 Å².